The second-order valence-corrected chi connectivity index (χ2v) is 6.84. The quantitative estimate of drug-likeness (QED) is 0.530. The largest absolute Gasteiger partial charge is 0.461 e. The standard InChI is InChI=1S/C22H29N3O3.H2/c1-5-11-25(12-6-2)18-10-8-9-16-20(18)19-15(14-27-4)21(22(26)28-7-3)23-13-17(19)24-16;/h8-10,13,24H,5-7,11-12,14H2,1-4H3;1H. The van der Waals surface area contributed by atoms with Gasteiger partial charge in [-0.3, -0.25) is 0 Å². The molecule has 0 saturated carbocycles. The number of pyridine rings is 1. The molecule has 28 heavy (non-hydrogen) atoms. The van der Waals surface area contributed by atoms with Crippen LogP contribution in [0.3, 0.4) is 0 Å². The number of methoxy groups -OCH3 is 1. The van der Waals surface area contributed by atoms with Crippen LogP contribution < -0.4 is 4.90 Å². The highest BCUT2D eigenvalue weighted by atomic mass is 16.5. The first kappa shape index (κ1) is 20.1. The van der Waals surface area contributed by atoms with Crippen molar-refractivity contribution < 1.29 is 15.7 Å². The Morgan fingerprint density at radius 1 is 1.14 bits per heavy atom. The molecular weight excluding hydrogens is 354 g/mol. The number of anilines is 1. The van der Waals surface area contributed by atoms with Gasteiger partial charge in [-0.15, -0.1) is 0 Å². The number of aromatic nitrogens is 2. The summed E-state index contributed by atoms with van der Waals surface area (Å²) in [5.74, 6) is -0.415. The number of ether oxygens (including phenoxy) is 2. The van der Waals surface area contributed by atoms with Gasteiger partial charge in [0.15, 0.2) is 5.69 Å². The summed E-state index contributed by atoms with van der Waals surface area (Å²) in [5.41, 5.74) is 4.20. The van der Waals surface area contributed by atoms with Crippen LogP contribution in [0.2, 0.25) is 0 Å². The zero-order chi connectivity index (χ0) is 20.1. The fourth-order valence-corrected chi connectivity index (χ4v) is 3.80. The van der Waals surface area contributed by atoms with Crippen molar-refractivity contribution in [2.75, 3.05) is 31.7 Å². The number of hydrogen-bond donors (Lipinski definition) is 1. The van der Waals surface area contributed by atoms with Crippen LogP contribution in [0.5, 0.6) is 0 Å². The molecule has 2 aromatic heterocycles. The predicted octanol–water partition coefficient (Wildman–Crippen LogP) is 4.91. The number of hydrogen-bond acceptors (Lipinski definition) is 5. The number of nitrogens with zero attached hydrogens (tertiary/aromatic N) is 2. The van der Waals surface area contributed by atoms with E-state index in [0.717, 1.165) is 53.3 Å². The first-order chi connectivity index (χ1) is 13.7. The lowest BCUT2D eigenvalue weighted by molar-refractivity contribution is 0.0514. The maximum absolute atomic E-state index is 12.5. The Hall–Kier alpha value is -2.60. The molecule has 0 atom stereocenters. The van der Waals surface area contributed by atoms with Gasteiger partial charge in [-0.05, 0) is 31.9 Å². The highest BCUT2D eigenvalue weighted by Gasteiger charge is 2.22. The van der Waals surface area contributed by atoms with Crippen molar-refractivity contribution >= 4 is 33.5 Å². The fraction of sp³-hybridized carbons (Fsp3) is 0.455. The molecule has 6 nitrogen and oxygen atoms in total. The first-order valence-electron chi connectivity index (χ1n) is 9.99. The van der Waals surface area contributed by atoms with Gasteiger partial charge in [0.1, 0.15) is 0 Å². The minimum Gasteiger partial charge on any atom is -0.461 e. The molecule has 0 aliphatic carbocycles. The monoisotopic (exact) mass is 385 g/mol. The molecule has 0 saturated heterocycles. The van der Waals surface area contributed by atoms with Crippen LogP contribution in [0, 0.1) is 0 Å². The number of esters is 1. The van der Waals surface area contributed by atoms with Crippen LogP contribution >= 0.6 is 0 Å². The molecule has 0 bridgehead atoms. The molecule has 3 rings (SSSR count). The van der Waals surface area contributed by atoms with E-state index in [1.807, 2.05) is 0 Å². The summed E-state index contributed by atoms with van der Waals surface area (Å²) in [4.78, 5) is 22.8. The average molecular weight is 386 g/mol. The van der Waals surface area contributed by atoms with Crippen LogP contribution in [0.15, 0.2) is 24.4 Å². The lowest BCUT2D eigenvalue weighted by Gasteiger charge is -2.25. The highest BCUT2D eigenvalue weighted by Crippen LogP contribution is 2.37. The van der Waals surface area contributed by atoms with Crippen molar-refractivity contribution in [2.45, 2.75) is 40.2 Å². The van der Waals surface area contributed by atoms with Crippen molar-refractivity contribution in [3.05, 3.63) is 35.7 Å². The number of benzene rings is 1. The lowest BCUT2D eigenvalue weighted by Crippen LogP contribution is -2.25. The smallest absolute Gasteiger partial charge is 0.357 e. The summed E-state index contributed by atoms with van der Waals surface area (Å²) in [6.07, 6.45) is 3.85. The van der Waals surface area contributed by atoms with E-state index < -0.39 is 5.97 Å². The van der Waals surface area contributed by atoms with Crippen molar-refractivity contribution in [2.24, 2.45) is 0 Å². The molecule has 1 N–H and O–H groups in total. The molecular formula is C22H31N3O3. The van der Waals surface area contributed by atoms with Crippen molar-refractivity contribution in [1.29, 1.82) is 0 Å². The maximum atomic E-state index is 12.5. The van der Waals surface area contributed by atoms with E-state index in [2.05, 4.69) is 46.9 Å². The Morgan fingerprint density at radius 3 is 2.54 bits per heavy atom. The highest BCUT2D eigenvalue weighted by molar-refractivity contribution is 6.16. The molecule has 0 spiro atoms. The van der Waals surface area contributed by atoms with Gasteiger partial charge in [0.05, 0.1) is 24.9 Å². The molecule has 3 aromatic rings. The van der Waals surface area contributed by atoms with Gasteiger partial charge in [0.2, 0.25) is 0 Å². The van der Waals surface area contributed by atoms with Crippen molar-refractivity contribution in [1.82, 2.24) is 9.97 Å². The Balaban J connectivity index is 0.00000300. The summed E-state index contributed by atoms with van der Waals surface area (Å²) in [5, 5.41) is 2.10. The number of carbonyl (C=O) groups excluding carboxylic acids is 1. The van der Waals surface area contributed by atoms with Crippen LogP contribution in [0.25, 0.3) is 21.8 Å². The van der Waals surface area contributed by atoms with Crippen LogP contribution in [-0.4, -0.2) is 42.7 Å². The second kappa shape index (κ2) is 9.06. The van der Waals surface area contributed by atoms with E-state index >= 15 is 0 Å². The minimum atomic E-state index is -0.415. The van der Waals surface area contributed by atoms with E-state index in [4.69, 9.17) is 9.47 Å². The molecule has 6 heteroatoms. The number of H-pyrrole nitrogens is 1. The van der Waals surface area contributed by atoms with Gasteiger partial charge >= 0.3 is 5.97 Å². The molecule has 152 valence electrons. The summed E-state index contributed by atoms with van der Waals surface area (Å²) >= 11 is 0. The number of aromatic amines is 1. The summed E-state index contributed by atoms with van der Waals surface area (Å²) in [6.45, 7) is 8.74. The number of carbonyl (C=O) groups is 1. The van der Waals surface area contributed by atoms with E-state index in [0.29, 0.717) is 18.9 Å². The molecule has 1 aromatic carbocycles. The topological polar surface area (TPSA) is 67.5 Å². The van der Waals surface area contributed by atoms with E-state index in [-0.39, 0.29) is 1.43 Å². The Bertz CT molecular complexity index is 965. The zero-order valence-corrected chi connectivity index (χ0v) is 17.2. The van der Waals surface area contributed by atoms with E-state index in [1.54, 1.807) is 20.2 Å². The van der Waals surface area contributed by atoms with Crippen LogP contribution in [0.4, 0.5) is 5.69 Å². The average Bonchev–Trinajstić information content (AvgIpc) is 3.07. The summed E-state index contributed by atoms with van der Waals surface area (Å²) in [6, 6.07) is 6.29. The van der Waals surface area contributed by atoms with Gasteiger partial charge in [-0.2, -0.15) is 0 Å². The lowest BCUT2D eigenvalue weighted by atomic mass is 10.0. The van der Waals surface area contributed by atoms with E-state index in [9.17, 15) is 4.79 Å². The summed E-state index contributed by atoms with van der Waals surface area (Å²) in [7, 11) is 1.63. The Kier molecular flexibility index (Phi) is 6.52. The molecule has 2 heterocycles. The third-order valence-electron chi connectivity index (χ3n) is 4.83. The molecule has 0 aliphatic heterocycles. The zero-order valence-electron chi connectivity index (χ0n) is 17.2. The fourth-order valence-electron chi connectivity index (χ4n) is 3.80. The van der Waals surface area contributed by atoms with Crippen molar-refractivity contribution in [3.63, 3.8) is 0 Å². The first-order valence-corrected chi connectivity index (χ1v) is 9.99. The van der Waals surface area contributed by atoms with Gasteiger partial charge in [0.25, 0.3) is 0 Å². The molecule has 0 amide bonds. The van der Waals surface area contributed by atoms with Crippen LogP contribution in [0.1, 0.15) is 51.1 Å². The SMILES string of the molecule is CCCN(CCC)c1cccc2[nH]c3cnc(C(=O)OCC)c(COC)c3c12.[HH]. The number of fused-ring (bicyclic) bond motifs is 3. The van der Waals surface area contributed by atoms with Crippen molar-refractivity contribution in [3.8, 4) is 0 Å². The molecule has 0 fully saturated rings. The molecule has 0 radical (unpaired) electrons. The minimum absolute atomic E-state index is 0. The van der Waals surface area contributed by atoms with E-state index in [1.165, 1.54) is 5.69 Å². The van der Waals surface area contributed by atoms with Gasteiger partial charge < -0.3 is 19.4 Å². The second-order valence-electron chi connectivity index (χ2n) is 6.84. The van der Waals surface area contributed by atoms with Crippen LogP contribution in [-0.2, 0) is 16.1 Å². The Morgan fingerprint density at radius 2 is 1.89 bits per heavy atom. The summed E-state index contributed by atoms with van der Waals surface area (Å²) < 4.78 is 10.7. The third kappa shape index (κ3) is 3.69. The predicted molar refractivity (Wildman–Crippen MR) is 115 cm³/mol. The normalized spacial score (nSPS) is 11.3. The molecule has 0 aliphatic rings. The number of nitrogens with one attached hydrogen (secondary N) is 1. The Labute approximate surface area is 167 Å². The third-order valence-corrected chi connectivity index (χ3v) is 4.83. The van der Waals surface area contributed by atoms with Gasteiger partial charge in [-0.1, -0.05) is 19.9 Å². The van der Waals surface area contributed by atoms with Gasteiger partial charge in [0, 0.05) is 49.2 Å². The number of rotatable bonds is 9. The molecule has 0 unspecified atom stereocenters. The van der Waals surface area contributed by atoms with Gasteiger partial charge in [-0.25, -0.2) is 9.78 Å². The maximum Gasteiger partial charge on any atom is 0.357 e.